The lowest BCUT2D eigenvalue weighted by Gasteiger charge is -2.26. The maximum atomic E-state index is 11.7. The van der Waals surface area contributed by atoms with Crippen LogP contribution in [0.2, 0.25) is 0 Å². The predicted octanol–water partition coefficient (Wildman–Crippen LogP) is 4.52. The van der Waals surface area contributed by atoms with E-state index in [4.69, 9.17) is 9.47 Å². The molecule has 0 aliphatic rings. The minimum atomic E-state index is -3.41. The van der Waals surface area contributed by atoms with Crippen molar-refractivity contribution in [2.45, 2.75) is 86.4 Å². The average Bonchev–Trinajstić information content (AvgIpc) is 2.64. The minimum Gasteiger partial charge on any atom is -0.444 e. The van der Waals surface area contributed by atoms with Gasteiger partial charge in [-0.15, -0.1) is 0 Å². The molecule has 0 atom stereocenters. The zero-order valence-corrected chi connectivity index (χ0v) is 24.8. The lowest BCUT2D eigenvalue weighted by atomic mass is 10.2. The summed E-state index contributed by atoms with van der Waals surface area (Å²) in [5, 5.41) is 0.116. The third kappa shape index (κ3) is 24.0. The Balaban J connectivity index is 0. The fraction of sp³-hybridized carbons (Fsp3) is 0.870. The van der Waals surface area contributed by atoms with Gasteiger partial charge in [-0.1, -0.05) is 11.8 Å². The minimum absolute atomic E-state index is 0.0676. The van der Waals surface area contributed by atoms with Crippen LogP contribution in [0.4, 0.5) is 9.59 Å². The normalized spacial score (nSPS) is 11.7. The van der Waals surface area contributed by atoms with Gasteiger partial charge in [0.1, 0.15) is 11.2 Å². The fourth-order valence-electron chi connectivity index (χ4n) is 2.35. The third-order valence-corrected chi connectivity index (χ3v) is 5.31. The van der Waals surface area contributed by atoms with E-state index in [9.17, 15) is 22.8 Å². The highest BCUT2D eigenvalue weighted by Gasteiger charge is 2.21. The lowest BCUT2D eigenvalue weighted by Crippen LogP contribution is -2.37. The maximum absolute atomic E-state index is 11.7. The summed E-state index contributed by atoms with van der Waals surface area (Å²) < 4.78 is 36.6. The Kier molecular flexibility index (Phi) is 17.3. The molecule has 0 aliphatic carbocycles. The molecule has 12 heteroatoms. The molecule has 0 saturated heterocycles. The molecule has 0 N–H and O–H groups in total. The highest BCUT2D eigenvalue weighted by Crippen LogP contribution is 2.12. The summed E-state index contributed by atoms with van der Waals surface area (Å²) in [7, 11) is -3.41. The van der Waals surface area contributed by atoms with Gasteiger partial charge < -0.3 is 19.3 Å². The van der Waals surface area contributed by atoms with Gasteiger partial charge in [-0.25, -0.2) is 9.59 Å². The summed E-state index contributed by atoms with van der Waals surface area (Å²) in [4.78, 5) is 37.4. The summed E-state index contributed by atoms with van der Waals surface area (Å²) in [5.74, 6) is 0.745. The molecule has 0 unspecified atom stereocenters. The molecule has 0 rings (SSSR count). The number of carbonyl (C=O) groups is 3. The van der Waals surface area contributed by atoms with Crippen LogP contribution in [0.3, 0.4) is 0 Å². The molecule has 35 heavy (non-hydrogen) atoms. The topological polar surface area (TPSA) is 120 Å². The van der Waals surface area contributed by atoms with E-state index in [-0.39, 0.29) is 17.8 Å². The van der Waals surface area contributed by atoms with Crippen LogP contribution in [0.5, 0.6) is 0 Å². The van der Waals surface area contributed by atoms with Gasteiger partial charge in [-0.2, -0.15) is 8.42 Å². The Morgan fingerprint density at radius 3 is 1.51 bits per heavy atom. The first-order valence-electron chi connectivity index (χ1n) is 11.7. The lowest BCUT2D eigenvalue weighted by molar-refractivity contribution is -0.109. The number of hydrogen-bond donors (Lipinski definition) is 0. The van der Waals surface area contributed by atoms with Crippen LogP contribution in [-0.4, -0.2) is 91.5 Å². The van der Waals surface area contributed by atoms with E-state index >= 15 is 0 Å². The highest BCUT2D eigenvalue weighted by atomic mass is 32.2. The zero-order valence-electron chi connectivity index (χ0n) is 23.1. The molecular weight excluding hydrogens is 496 g/mol. The number of rotatable bonds is 11. The zero-order chi connectivity index (χ0) is 27.9. The molecule has 0 radical (unpaired) electrons. The first-order valence-corrected chi connectivity index (χ1v) is 14.5. The first-order chi connectivity index (χ1) is 15.8. The smallest absolute Gasteiger partial charge is 0.410 e. The summed E-state index contributed by atoms with van der Waals surface area (Å²) in [6, 6.07) is 0. The highest BCUT2D eigenvalue weighted by molar-refractivity contribution is 8.13. The summed E-state index contributed by atoms with van der Waals surface area (Å²) >= 11 is 1.29. The van der Waals surface area contributed by atoms with E-state index < -0.39 is 27.4 Å². The Bertz CT molecular complexity index is 744. The van der Waals surface area contributed by atoms with E-state index in [0.717, 1.165) is 18.4 Å². The average molecular weight is 543 g/mol. The van der Waals surface area contributed by atoms with E-state index in [0.29, 0.717) is 32.6 Å². The standard InChI is InChI=1S/C12H23NO3S.C11H23NO5S/c1-6-13(8-7-9-17-10(2)14)11(15)16-12(3,4)5;1-6-12(10(13)17-11(2,3)4)8-7-9-16-18(5,14)15/h6-9H2,1-5H3;6-9H2,1-5H3. The molecule has 0 saturated carbocycles. The van der Waals surface area contributed by atoms with Crippen LogP contribution in [0.15, 0.2) is 0 Å². The largest absolute Gasteiger partial charge is 0.444 e. The quantitative estimate of drug-likeness (QED) is 0.274. The summed E-state index contributed by atoms with van der Waals surface area (Å²) in [6.07, 6.45) is 1.56. The van der Waals surface area contributed by atoms with Crippen molar-refractivity contribution in [3.8, 4) is 0 Å². The SMILES string of the molecule is CCN(CCCOS(C)(=O)=O)C(=O)OC(C)(C)C.CCN(CCCSC(C)=O)C(=O)OC(C)(C)C. The molecule has 208 valence electrons. The maximum Gasteiger partial charge on any atom is 0.410 e. The number of nitrogens with zero attached hydrogens (tertiary/aromatic N) is 2. The van der Waals surface area contributed by atoms with Gasteiger partial charge in [0, 0.05) is 38.9 Å². The molecular formula is C23H46N2O8S2. The second kappa shape index (κ2) is 17.0. The molecule has 10 nitrogen and oxygen atoms in total. The molecule has 0 aliphatic heterocycles. The van der Waals surface area contributed by atoms with Crippen molar-refractivity contribution in [2.24, 2.45) is 0 Å². The van der Waals surface area contributed by atoms with Crippen LogP contribution < -0.4 is 0 Å². The second-order valence-electron chi connectivity index (χ2n) is 9.69. The van der Waals surface area contributed by atoms with E-state index in [2.05, 4.69) is 4.18 Å². The number of thioether (sulfide) groups is 1. The van der Waals surface area contributed by atoms with Crippen molar-refractivity contribution >= 4 is 39.2 Å². The van der Waals surface area contributed by atoms with Crippen molar-refractivity contribution in [1.29, 1.82) is 0 Å². The molecule has 0 aromatic rings. The van der Waals surface area contributed by atoms with E-state index in [1.54, 1.807) is 32.6 Å². The third-order valence-electron chi connectivity index (χ3n) is 3.81. The van der Waals surface area contributed by atoms with Crippen molar-refractivity contribution in [1.82, 2.24) is 9.80 Å². The molecule has 0 aromatic carbocycles. The van der Waals surface area contributed by atoms with Crippen LogP contribution in [0, 0.1) is 0 Å². The van der Waals surface area contributed by atoms with Gasteiger partial charge in [-0.3, -0.25) is 8.98 Å². The number of hydrogen-bond acceptors (Lipinski definition) is 9. The molecule has 0 spiro atoms. The number of ether oxygens (including phenoxy) is 2. The van der Waals surface area contributed by atoms with Gasteiger partial charge in [0.2, 0.25) is 0 Å². The summed E-state index contributed by atoms with van der Waals surface area (Å²) in [5.41, 5.74) is -0.994. The Morgan fingerprint density at radius 1 is 0.800 bits per heavy atom. The predicted molar refractivity (Wildman–Crippen MR) is 140 cm³/mol. The monoisotopic (exact) mass is 542 g/mol. The second-order valence-corrected chi connectivity index (χ2v) is 12.6. The molecule has 0 bridgehead atoms. The Labute approximate surface area is 216 Å². The van der Waals surface area contributed by atoms with Crippen molar-refractivity contribution < 1.29 is 36.5 Å². The molecule has 2 amide bonds. The van der Waals surface area contributed by atoms with Crippen LogP contribution in [-0.2, 0) is 28.6 Å². The van der Waals surface area contributed by atoms with Gasteiger partial charge in [0.25, 0.3) is 10.1 Å². The van der Waals surface area contributed by atoms with Gasteiger partial charge in [0.05, 0.1) is 12.9 Å². The van der Waals surface area contributed by atoms with Gasteiger partial charge in [0.15, 0.2) is 5.12 Å². The Hall–Kier alpha value is -1.53. The molecule has 0 aromatic heterocycles. The summed E-state index contributed by atoms with van der Waals surface area (Å²) in [6.45, 7) is 18.5. The van der Waals surface area contributed by atoms with Crippen molar-refractivity contribution in [3.05, 3.63) is 0 Å². The molecule has 0 heterocycles. The van der Waals surface area contributed by atoms with Crippen molar-refractivity contribution in [3.63, 3.8) is 0 Å². The fourth-order valence-corrected chi connectivity index (χ4v) is 3.33. The molecule has 0 fully saturated rings. The number of carbonyl (C=O) groups excluding carboxylic acids is 3. The number of amides is 2. The Morgan fingerprint density at radius 2 is 1.20 bits per heavy atom. The van der Waals surface area contributed by atoms with Gasteiger partial charge in [-0.05, 0) is 68.2 Å². The van der Waals surface area contributed by atoms with E-state index in [1.165, 1.54) is 16.7 Å². The van der Waals surface area contributed by atoms with E-state index in [1.807, 2.05) is 34.6 Å². The van der Waals surface area contributed by atoms with Crippen LogP contribution in [0.25, 0.3) is 0 Å². The van der Waals surface area contributed by atoms with Gasteiger partial charge >= 0.3 is 12.2 Å². The van der Waals surface area contributed by atoms with Crippen molar-refractivity contribution in [2.75, 3.05) is 44.8 Å². The van der Waals surface area contributed by atoms with Crippen LogP contribution in [0.1, 0.15) is 75.2 Å². The van der Waals surface area contributed by atoms with Crippen LogP contribution >= 0.6 is 11.8 Å². The first kappa shape index (κ1) is 35.6.